The summed E-state index contributed by atoms with van der Waals surface area (Å²) in [6, 6.07) is 0. The maximum atomic E-state index is 10.8. The van der Waals surface area contributed by atoms with E-state index in [-0.39, 0.29) is 17.7 Å². The molecule has 1 rings (SSSR count). The molecule has 0 radical (unpaired) electrons. The van der Waals surface area contributed by atoms with E-state index < -0.39 is 11.9 Å². The van der Waals surface area contributed by atoms with Gasteiger partial charge in [-0.05, 0) is 0 Å². The highest BCUT2D eigenvalue weighted by Gasteiger charge is 2.14. The first kappa shape index (κ1) is 9.31. The van der Waals surface area contributed by atoms with Gasteiger partial charge in [-0.25, -0.2) is 0 Å². The van der Waals surface area contributed by atoms with Crippen LogP contribution in [0.25, 0.3) is 0 Å². The number of nitrogens with two attached hydrogens (primary N) is 1. The van der Waals surface area contributed by atoms with E-state index in [0.717, 1.165) is 12.5 Å². The summed E-state index contributed by atoms with van der Waals surface area (Å²) in [4.78, 5) is 21.6. The highest BCUT2D eigenvalue weighted by atomic mass is 16.5. The van der Waals surface area contributed by atoms with E-state index in [2.05, 4.69) is 4.42 Å². The summed E-state index contributed by atoms with van der Waals surface area (Å²) in [5.41, 5.74) is 5.06. The Labute approximate surface area is 74.5 Å². The topological polar surface area (TPSA) is 82.5 Å². The Kier molecular flexibility index (Phi) is 2.69. The van der Waals surface area contributed by atoms with E-state index in [9.17, 15) is 9.59 Å². The van der Waals surface area contributed by atoms with Crippen LogP contribution in [-0.2, 0) is 4.79 Å². The van der Waals surface area contributed by atoms with Crippen molar-refractivity contribution >= 4 is 11.9 Å². The molecule has 0 aliphatic carbocycles. The van der Waals surface area contributed by atoms with Crippen LogP contribution in [0.5, 0.6) is 5.75 Å². The van der Waals surface area contributed by atoms with Gasteiger partial charge in [0, 0.05) is 6.42 Å². The van der Waals surface area contributed by atoms with Gasteiger partial charge in [-0.15, -0.1) is 0 Å². The molecular weight excluding hydrogens is 174 g/mol. The lowest BCUT2D eigenvalue weighted by atomic mass is 10.3. The largest absolute Gasteiger partial charge is 0.468 e. The van der Waals surface area contributed by atoms with E-state index >= 15 is 0 Å². The van der Waals surface area contributed by atoms with Gasteiger partial charge in [0.05, 0.1) is 0 Å². The van der Waals surface area contributed by atoms with Crippen LogP contribution in [0.4, 0.5) is 0 Å². The number of rotatable bonds is 3. The van der Waals surface area contributed by atoms with Crippen molar-refractivity contribution in [3.05, 3.63) is 18.1 Å². The van der Waals surface area contributed by atoms with Crippen molar-refractivity contribution in [3.63, 3.8) is 0 Å². The number of carbonyl (C=O) groups is 2. The van der Waals surface area contributed by atoms with Crippen molar-refractivity contribution in [1.29, 1.82) is 0 Å². The molecule has 0 bridgehead atoms. The summed E-state index contributed by atoms with van der Waals surface area (Å²) >= 11 is 0. The fraction of sp³-hybridized carbons (Fsp3) is 0.250. The predicted octanol–water partition coefficient (Wildman–Crippen LogP) is 0.694. The van der Waals surface area contributed by atoms with Crippen LogP contribution in [0.3, 0.4) is 0 Å². The lowest BCUT2D eigenvalue weighted by Crippen LogP contribution is -2.13. The van der Waals surface area contributed by atoms with E-state index in [1.807, 2.05) is 0 Å². The number of ether oxygens (including phenoxy) is 1. The molecule has 0 fully saturated rings. The van der Waals surface area contributed by atoms with Gasteiger partial charge in [0.15, 0.2) is 5.75 Å². The van der Waals surface area contributed by atoms with Crippen LogP contribution >= 0.6 is 0 Å². The second-order valence-electron chi connectivity index (χ2n) is 2.34. The summed E-state index contributed by atoms with van der Waals surface area (Å²) in [7, 11) is 0. The third-order valence-electron chi connectivity index (χ3n) is 1.40. The molecule has 5 heteroatoms. The average Bonchev–Trinajstić information content (AvgIpc) is 2.52. The maximum Gasteiger partial charge on any atom is 0.311 e. The first-order valence-electron chi connectivity index (χ1n) is 3.71. The van der Waals surface area contributed by atoms with E-state index in [4.69, 9.17) is 10.5 Å². The minimum atomic E-state index is -0.687. The fourth-order valence-electron chi connectivity index (χ4n) is 0.739. The standard InChI is InChI=1S/C8H9NO4/c1-2-7(10)13-6-4-12-3-5(6)8(9)11/h3-4H,2H2,1H3,(H2,9,11). The molecule has 70 valence electrons. The molecule has 0 unspecified atom stereocenters. The number of amides is 1. The normalized spacial score (nSPS) is 9.62. The molecular formula is C8H9NO4. The SMILES string of the molecule is CCC(=O)Oc1cocc1C(N)=O. The van der Waals surface area contributed by atoms with Gasteiger partial charge in [0.25, 0.3) is 5.91 Å². The Morgan fingerprint density at radius 1 is 1.54 bits per heavy atom. The summed E-state index contributed by atoms with van der Waals surface area (Å²) in [6.45, 7) is 1.65. The molecule has 0 aliphatic rings. The van der Waals surface area contributed by atoms with E-state index in [1.54, 1.807) is 6.92 Å². The second-order valence-corrected chi connectivity index (χ2v) is 2.34. The molecule has 0 aliphatic heterocycles. The Morgan fingerprint density at radius 3 is 2.77 bits per heavy atom. The van der Waals surface area contributed by atoms with E-state index in [1.165, 1.54) is 0 Å². The Balaban J connectivity index is 2.82. The van der Waals surface area contributed by atoms with Gasteiger partial charge in [-0.2, -0.15) is 0 Å². The molecule has 0 aromatic carbocycles. The minimum absolute atomic E-state index is 0.0688. The zero-order valence-corrected chi connectivity index (χ0v) is 7.07. The highest BCUT2D eigenvalue weighted by Crippen LogP contribution is 2.19. The first-order chi connectivity index (χ1) is 6.15. The number of hydrogen-bond acceptors (Lipinski definition) is 4. The fourth-order valence-corrected chi connectivity index (χ4v) is 0.739. The highest BCUT2D eigenvalue weighted by molar-refractivity contribution is 5.95. The third-order valence-corrected chi connectivity index (χ3v) is 1.40. The number of primary amides is 1. The molecule has 2 N–H and O–H groups in total. The molecule has 1 amide bonds. The molecule has 0 saturated carbocycles. The summed E-state index contributed by atoms with van der Waals surface area (Å²) in [6.07, 6.45) is 2.53. The quantitative estimate of drug-likeness (QED) is 0.699. The van der Waals surface area contributed by atoms with Crippen molar-refractivity contribution in [2.24, 2.45) is 5.73 Å². The van der Waals surface area contributed by atoms with Crippen molar-refractivity contribution in [2.75, 3.05) is 0 Å². The van der Waals surface area contributed by atoms with Gasteiger partial charge in [0.2, 0.25) is 0 Å². The van der Waals surface area contributed by atoms with E-state index in [0.29, 0.717) is 0 Å². The Hall–Kier alpha value is -1.78. The number of furan rings is 1. The van der Waals surface area contributed by atoms with Gasteiger partial charge >= 0.3 is 5.97 Å². The van der Waals surface area contributed by atoms with Crippen LogP contribution in [0.2, 0.25) is 0 Å². The molecule has 0 saturated heterocycles. The average molecular weight is 183 g/mol. The number of hydrogen-bond donors (Lipinski definition) is 1. The zero-order chi connectivity index (χ0) is 9.84. The molecule has 1 heterocycles. The monoisotopic (exact) mass is 183 g/mol. The summed E-state index contributed by atoms with van der Waals surface area (Å²) in [5, 5.41) is 0. The molecule has 13 heavy (non-hydrogen) atoms. The molecule has 5 nitrogen and oxygen atoms in total. The zero-order valence-electron chi connectivity index (χ0n) is 7.07. The number of esters is 1. The smallest absolute Gasteiger partial charge is 0.311 e. The van der Waals surface area contributed by atoms with Crippen LogP contribution in [0.1, 0.15) is 23.7 Å². The van der Waals surface area contributed by atoms with Gasteiger partial charge in [0.1, 0.15) is 18.1 Å². The Morgan fingerprint density at radius 2 is 2.23 bits per heavy atom. The first-order valence-corrected chi connectivity index (χ1v) is 3.71. The number of carbonyl (C=O) groups excluding carboxylic acids is 2. The lowest BCUT2D eigenvalue weighted by molar-refractivity contribution is -0.134. The van der Waals surface area contributed by atoms with Crippen molar-refractivity contribution < 1.29 is 18.7 Å². The van der Waals surface area contributed by atoms with Crippen LogP contribution in [0.15, 0.2) is 16.9 Å². The molecule has 1 aromatic heterocycles. The maximum absolute atomic E-state index is 10.8. The van der Waals surface area contributed by atoms with Crippen LogP contribution in [-0.4, -0.2) is 11.9 Å². The van der Waals surface area contributed by atoms with Gasteiger partial charge < -0.3 is 14.9 Å². The van der Waals surface area contributed by atoms with Crippen molar-refractivity contribution in [1.82, 2.24) is 0 Å². The van der Waals surface area contributed by atoms with Gasteiger partial charge in [-0.3, -0.25) is 9.59 Å². The Bertz CT molecular complexity index is 329. The lowest BCUT2D eigenvalue weighted by Gasteiger charge is -1.99. The third kappa shape index (κ3) is 2.08. The van der Waals surface area contributed by atoms with Crippen LogP contribution < -0.4 is 10.5 Å². The van der Waals surface area contributed by atoms with Crippen molar-refractivity contribution in [3.8, 4) is 5.75 Å². The molecule has 0 atom stereocenters. The predicted molar refractivity (Wildman–Crippen MR) is 43.2 cm³/mol. The second kappa shape index (κ2) is 3.75. The minimum Gasteiger partial charge on any atom is -0.468 e. The summed E-state index contributed by atoms with van der Waals surface area (Å²) in [5.74, 6) is -1.06. The molecule has 0 spiro atoms. The molecule has 1 aromatic rings. The summed E-state index contributed by atoms with van der Waals surface area (Å²) < 4.78 is 9.44. The van der Waals surface area contributed by atoms with Crippen LogP contribution in [0, 0.1) is 0 Å². The van der Waals surface area contributed by atoms with Gasteiger partial charge in [-0.1, -0.05) is 6.92 Å². The van der Waals surface area contributed by atoms with Crippen molar-refractivity contribution in [2.45, 2.75) is 13.3 Å².